The predicted molar refractivity (Wildman–Crippen MR) is 53.2 cm³/mol. The number of hydrogen-bond donors (Lipinski definition) is 1. The van der Waals surface area contributed by atoms with Gasteiger partial charge in [0.1, 0.15) is 0 Å². The number of hydrogen-bond acceptors (Lipinski definition) is 1. The van der Waals surface area contributed by atoms with E-state index in [1.54, 1.807) is 0 Å². The summed E-state index contributed by atoms with van der Waals surface area (Å²) < 4.78 is 0. The Hall–Kier alpha value is -0.820. The summed E-state index contributed by atoms with van der Waals surface area (Å²) in [6.45, 7) is 6.31. The number of nitrogens with two attached hydrogens (primary N) is 1. The molecule has 1 heteroatoms. The molecule has 0 saturated heterocycles. The summed E-state index contributed by atoms with van der Waals surface area (Å²) in [4.78, 5) is 0. The third-order valence-corrected chi connectivity index (χ3v) is 2.23. The van der Waals surface area contributed by atoms with Crippen LogP contribution in [0.3, 0.4) is 0 Å². The topological polar surface area (TPSA) is 26.0 Å². The summed E-state index contributed by atoms with van der Waals surface area (Å²) in [5.41, 5.74) is 9.76. The van der Waals surface area contributed by atoms with Crippen molar-refractivity contribution >= 4 is 0 Å². The summed E-state index contributed by atoms with van der Waals surface area (Å²) in [6, 6.07) is 6.67. The van der Waals surface area contributed by atoms with Gasteiger partial charge in [-0.15, -0.1) is 0 Å². The van der Waals surface area contributed by atoms with Crippen LogP contribution in [0.15, 0.2) is 18.2 Å². The number of rotatable bonds is 2. The van der Waals surface area contributed by atoms with Gasteiger partial charge >= 0.3 is 0 Å². The second-order valence-corrected chi connectivity index (χ2v) is 3.33. The van der Waals surface area contributed by atoms with Crippen LogP contribution in [0.25, 0.3) is 0 Å². The first kappa shape index (κ1) is 9.27. The van der Waals surface area contributed by atoms with E-state index in [-0.39, 0.29) is 6.04 Å². The SMILES string of the molecule is CCc1ccc(C(C)N)c(C)c1. The van der Waals surface area contributed by atoms with Crippen LogP contribution in [0.2, 0.25) is 0 Å². The zero-order chi connectivity index (χ0) is 9.14. The molecular formula is C11H17N. The second-order valence-electron chi connectivity index (χ2n) is 3.33. The van der Waals surface area contributed by atoms with Crippen LogP contribution in [0.5, 0.6) is 0 Å². The van der Waals surface area contributed by atoms with Gasteiger partial charge in [0.15, 0.2) is 0 Å². The Bertz CT molecular complexity index is 264. The van der Waals surface area contributed by atoms with E-state index >= 15 is 0 Å². The van der Waals surface area contributed by atoms with E-state index in [4.69, 9.17) is 5.73 Å². The summed E-state index contributed by atoms with van der Waals surface area (Å²) in [5, 5.41) is 0. The zero-order valence-corrected chi connectivity index (χ0v) is 8.09. The highest BCUT2D eigenvalue weighted by Gasteiger charge is 2.02. The molecule has 0 radical (unpaired) electrons. The van der Waals surface area contributed by atoms with Gasteiger partial charge in [0.25, 0.3) is 0 Å². The molecule has 0 heterocycles. The van der Waals surface area contributed by atoms with Crippen LogP contribution in [-0.4, -0.2) is 0 Å². The lowest BCUT2D eigenvalue weighted by molar-refractivity contribution is 0.808. The van der Waals surface area contributed by atoms with E-state index < -0.39 is 0 Å². The van der Waals surface area contributed by atoms with Gasteiger partial charge in [0, 0.05) is 6.04 Å². The lowest BCUT2D eigenvalue weighted by Gasteiger charge is -2.10. The normalized spacial score (nSPS) is 13.0. The maximum absolute atomic E-state index is 5.81. The van der Waals surface area contributed by atoms with Crippen molar-refractivity contribution in [2.24, 2.45) is 5.73 Å². The largest absolute Gasteiger partial charge is 0.324 e. The molecule has 1 aromatic rings. The maximum Gasteiger partial charge on any atom is 0.0268 e. The van der Waals surface area contributed by atoms with E-state index in [1.165, 1.54) is 16.7 Å². The quantitative estimate of drug-likeness (QED) is 0.712. The lowest BCUT2D eigenvalue weighted by atomic mass is 10.00. The van der Waals surface area contributed by atoms with Crippen molar-refractivity contribution in [2.45, 2.75) is 33.2 Å². The molecule has 1 unspecified atom stereocenters. The van der Waals surface area contributed by atoms with Crippen LogP contribution in [0.4, 0.5) is 0 Å². The lowest BCUT2D eigenvalue weighted by Crippen LogP contribution is -2.06. The Labute approximate surface area is 74.6 Å². The maximum atomic E-state index is 5.81. The van der Waals surface area contributed by atoms with Gasteiger partial charge in [0.2, 0.25) is 0 Å². The molecule has 0 aliphatic heterocycles. The van der Waals surface area contributed by atoms with Gasteiger partial charge in [-0.1, -0.05) is 25.1 Å². The molecule has 2 N–H and O–H groups in total. The van der Waals surface area contributed by atoms with E-state index in [2.05, 4.69) is 32.0 Å². The Morgan fingerprint density at radius 3 is 2.50 bits per heavy atom. The first-order valence-electron chi connectivity index (χ1n) is 4.50. The first-order valence-corrected chi connectivity index (χ1v) is 4.50. The number of benzene rings is 1. The molecule has 0 aromatic heterocycles. The third kappa shape index (κ3) is 1.86. The molecule has 12 heavy (non-hydrogen) atoms. The summed E-state index contributed by atoms with van der Waals surface area (Å²) in [5.74, 6) is 0. The van der Waals surface area contributed by atoms with Crippen molar-refractivity contribution in [3.05, 3.63) is 34.9 Å². The van der Waals surface area contributed by atoms with Gasteiger partial charge < -0.3 is 5.73 Å². The van der Waals surface area contributed by atoms with Gasteiger partial charge in [-0.25, -0.2) is 0 Å². The molecule has 0 bridgehead atoms. The van der Waals surface area contributed by atoms with Gasteiger partial charge in [-0.05, 0) is 37.0 Å². The minimum atomic E-state index is 0.149. The molecule has 0 aliphatic rings. The van der Waals surface area contributed by atoms with E-state index in [0.29, 0.717) is 0 Å². The Kier molecular flexibility index (Phi) is 2.88. The van der Waals surface area contributed by atoms with Crippen molar-refractivity contribution in [3.8, 4) is 0 Å². The Morgan fingerprint density at radius 2 is 2.08 bits per heavy atom. The van der Waals surface area contributed by atoms with Crippen LogP contribution < -0.4 is 5.73 Å². The molecule has 1 rings (SSSR count). The fourth-order valence-corrected chi connectivity index (χ4v) is 1.47. The standard InChI is InChI=1S/C11H17N/c1-4-10-5-6-11(9(3)12)8(2)7-10/h5-7,9H,4,12H2,1-3H3. The molecule has 66 valence electrons. The fourth-order valence-electron chi connectivity index (χ4n) is 1.47. The predicted octanol–water partition coefficient (Wildman–Crippen LogP) is 2.58. The van der Waals surface area contributed by atoms with E-state index in [9.17, 15) is 0 Å². The summed E-state index contributed by atoms with van der Waals surface area (Å²) >= 11 is 0. The van der Waals surface area contributed by atoms with Crippen LogP contribution in [0, 0.1) is 6.92 Å². The highest BCUT2D eigenvalue weighted by Crippen LogP contribution is 2.16. The van der Waals surface area contributed by atoms with Crippen LogP contribution in [-0.2, 0) is 6.42 Å². The van der Waals surface area contributed by atoms with Gasteiger partial charge in [-0.3, -0.25) is 0 Å². The van der Waals surface area contributed by atoms with Crippen molar-refractivity contribution in [1.29, 1.82) is 0 Å². The Morgan fingerprint density at radius 1 is 1.42 bits per heavy atom. The Balaban J connectivity index is 3.03. The second kappa shape index (κ2) is 3.72. The van der Waals surface area contributed by atoms with Crippen molar-refractivity contribution < 1.29 is 0 Å². The highest BCUT2D eigenvalue weighted by molar-refractivity contribution is 5.32. The fraction of sp³-hybridized carbons (Fsp3) is 0.455. The molecule has 0 saturated carbocycles. The molecule has 0 spiro atoms. The minimum Gasteiger partial charge on any atom is -0.324 e. The van der Waals surface area contributed by atoms with Crippen molar-refractivity contribution in [2.75, 3.05) is 0 Å². The monoisotopic (exact) mass is 163 g/mol. The van der Waals surface area contributed by atoms with E-state index in [0.717, 1.165) is 6.42 Å². The third-order valence-electron chi connectivity index (χ3n) is 2.23. The molecule has 0 aliphatic carbocycles. The highest BCUT2D eigenvalue weighted by atomic mass is 14.6. The minimum absolute atomic E-state index is 0.149. The molecular weight excluding hydrogens is 146 g/mol. The molecule has 0 amide bonds. The smallest absolute Gasteiger partial charge is 0.0268 e. The molecule has 1 aromatic carbocycles. The van der Waals surface area contributed by atoms with Crippen LogP contribution >= 0.6 is 0 Å². The van der Waals surface area contributed by atoms with Gasteiger partial charge in [-0.2, -0.15) is 0 Å². The molecule has 1 atom stereocenters. The average Bonchev–Trinajstić information content (AvgIpc) is 2.03. The molecule has 1 nitrogen and oxygen atoms in total. The zero-order valence-electron chi connectivity index (χ0n) is 8.09. The van der Waals surface area contributed by atoms with E-state index in [1.807, 2.05) is 6.92 Å². The first-order chi connectivity index (χ1) is 5.65. The van der Waals surface area contributed by atoms with Crippen molar-refractivity contribution in [1.82, 2.24) is 0 Å². The molecule has 0 fully saturated rings. The van der Waals surface area contributed by atoms with Gasteiger partial charge in [0.05, 0.1) is 0 Å². The summed E-state index contributed by atoms with van der Waals surface area (Å²) in [6.07, 6.45) is 1.10. The van der Waals surface area contributed by atoms with Crippen LogP contribution in [0.1, 0.15) is 36.6 Å². The average molecular weight is 163 g/mol. The number of aryl methyl sites for hydroxylation is 2. The van der Waals surface area contributed by atoms with Crippen molar-refractivity contribution in [3.63, 3.8) is 0 Å². The summed E-state index contributed by atoms with van der Waals surface area (Å²) in [7, 11) is 0.